The average molecular weight is 279 g/mol. The molecule has 0 unspecified atom stereocenters. The molecule has 0 aromatic carbocycles. The summed E-state index contributed by atoms with van der Waals surface area (Å²) >= 11 is 0. The molecule has 5 heteroatoms. The molecule has 1 aromatic rings. The lowest BCUT2D eigenvalue weighted by Crippen LogP contribution is -2.29. The van der Waals surface area contributed by atoms with Gasteiger partial charge in [-0.25, -0.2) is 4.79 Å². The number of hydrogen-bond acceptors (Lipinski definition) is 3. The molecule has 2 rings (SSSR count). The van der Waals surface area contributed by atoms with Crippen LogP contribution in [0.3, 0.4) is 0 Å². The summed E-state index contributed by atoms with van der Waals surface area (Å²) < 4.78 is 5.03. The van der Waals surface area contributed by atoms with E-state index in [0.29, 0.717) is 12.5 Å². The van der Waals surface area contributed by atoms with Gasteiger partial charge in [0.15, 0.2) is 5.76 Å². The minimum atomic E-state index is -1.16. The van der Waals surface area contributed by atoms with Gasteiger partial charge in [-0.05, 0) is 24.5 Å². The molecule has 1 fully saturated rings. The lowest BCUT2D eigenvalue weighted by molar-refractivity contribution is 0.0653. The standard InChI is InChI=1S/C15H21NO4/c1-16(10-9-11-5-3-2-4-6-11)14(17)12-7-8-13(20-12)15(18)19/h7-8,11H,2-6,9-10H2,1H3,(H,18,19). The SMILES string of the molecule is CN(CCC1CCCCC1)C(=O)c1ccc(C(=O)O)o1. The van der Waals surface area contributed by atoms with Gasteiger partial charge in [-0.2, -0.15) is 0 Å². The van der Waals surface area contributed by atoms with Crippen molar-refractivity contribution in [3.05, 3.63) is 23.7 Å². The Morgan fingerprint density at radius 2 is 1.90 bits per heavy atom. The zero-order valence-corrected chi connectivity index (χ0v) is 11.8. The fraction of sp³-hybridized carbons (Fsp3) is 0.600. The zero-order chi connectivity index (χ0) is 14.5. The van der Waals surface area contributed by atoms with Gasteiger partial charge >= 0.3 is 5.97 Å². The van der Waals surface area contributed by atoms with Gasteiger partial charge in [0, 0.05) is 13.6 Å². The van der Waals surface area contributed by atoms with Gasteiger partial charge in [-0.3, -0.25) is 4.79 Å². The van der Waals surface area contributed by atoms with Crippen LogP contribution >= 0.6 is 0 Å². The molecule has 5 nitrogen and oxygen atoms in total. The van der Waals surface area contributed by atoms with E-state index in [1.54, 1.807) is 11.9 Å². The van der Waals surface area contributed by atoms with E-state index in [1.807, 2.05) is 0 Å². The maximum absolute atomic E-state index is 12.1. The summed E-state index contributed by atoms with van der Waals surface area (Å²) in [4.78, 5) is 24.4. The van der Waals surface area contributed by atoms with Crippen molar-refractivity contribution in [2.45, 2.75) is 38.5 Å². The average Bonchev–Trinajstić information content (AvgIpc) is 2.95. The number of nitrogens with zero attached hydrogens (tertiary/aromatic N) is 1. The number of amides is 1. The number of rotatable bonds is 5. The van der Waals surface area contributed by atoms with Crippen molar-refractivity contribution >= 4 is 11.9 Å². The zero-order valence-electron chi connectivity index (χ0n) is 11.8. The highest BCUT2D eigenvalue weighted by Gasteiger charge is 2.20. The molecular formula is C15H21NO4. The van der Waals surface area contributed by atoms with Crippen molar-refractivity contribution in [1.29, 1.82) is 0 Å². The molecule has 0 aliphatic heterocycles. The van der Waals surface area contributed by atoms with Gasteiger partial charge in [-0.1, -0.05) is 32.1 Å². The summed E-state index contributed by atoms with van der Waals surface area (Å²) in [6.07, 6.45) is 7.44. The van der Waals surface area contributed by atoms with E-state index in [1.165, 1.54) is 44.2 Å². The van der Waals surface area contributed by atoms with Gasteiger partial charge in [0.2, 0.25) is 5.76 Å². The maximum atomic E-state index is 12.1. The summed E-state index contributed by atoms with van der Waals surface area (Å²) in [5.74, 6) is -0.810. The highest BCUT2D eigenvalue weighted by Crippen LogP contribution is 2.26. The Kier molecular flexibility index (Phi) is 4.82. The second kappa shape index (κ2) is 6.59. The molecule has 0 atom stereocenters. The first-order valence-electron chi connectivity index (χ1n) is 7.16. The second-order valence-electron chi connectivity index (χ2n) is 5.49. The normalized spacial score (nSPS) is 16.1. The minimum absolute atomic E-state index is 0.0912. The summed E-state index contributed by atoms with van der Waals surface area (Å²) in [5.41, 5.74) is 0. The largest absolute Gasteiger partial charge is 0.475 e. The quantitative estimate of drug-likeness (QED) is 0.899. The maximum Gasteiger partial charge on any atom is 0.371 e. The topological polar surface area (TPSA) is 70.8 Å². The fourth-order valence-electron chi connectivity index (χ4n) is 2.71. The molecule has 1 heterocycles. The molecule has 0 bridgehead atoms. The molecule has 1 amide bonds. The molecular weight excluding hydrogens is 258 g/mol. The molecule has 1 aromatic heterocycles. The Morgan fingerprint density at radius 3 is 2.50 bits per heavy atom. The number of carboxylic acids is 1. The first kappa shape index (κ1) is 14.6. The van der Waals surface area contributed by atoms with Crippen LogP contribution in [0.4, 0.5) is 0 Å². The summed E-state index contributed by atoms with van der Waals surface area (Å²) in [6.45, 7) is 0.687. The molecule has 1 saturated carbocycles. The van der Waals surface area contributed by atoms with E-state index < -0.39 is 5.97 Å². The Bertz CT molecular complexity index is 474. The lowest BCUT2D eigenvalue weighted by atomic mass is 9.87. The predicted octanol–water partition coefficient (Wildman–Crippen LogP) is 3.02. The van der Waals surface area contributed by atoms with Gasteiger partial charge in [-0.15, -0.1) is 0 Å². The van der Waals surface area contributed by atoms with E-state index in [9.17, 15) is 9.59 Å². The molecule has 20 heavy (non-hydrogen) atoms. The Balaban J connectivity index is 1.85. The lowest BCUT2D eigenvalue weighted by Gasteiger charge is -2.24. The van der Waals surface area contributed by atoms with Crippen LogP contribution in [0.25, 0.3) is 0 Å². The third-order valence-electron chi connectivity index (χ3n) is 3.97. The highest BCUT2D eigenvalue weighted by molar-refractivity contribution is 5.93. The van der Waals surface area contributed by atoms with Crippen molar-refractivity contribution in [2.75, 3.05) is 13.6 Å². The number of furan rings is 1. The van der Waals surface area contributed by atoms with Crippen molar-refractivity contribution in [3.8, 4) is 0 Å². The number of carbonyl (C=O) groups is 2. The molecule has 110 valence electrons. The molecule has 0 spiro atoms. The van der Waals surface area contributed by atoms with Crippen LogP contribution in [-0.4, -0.2) is 35.5 Å². The summed E-state index contributed by atoms with van der Waals surface area (Å²) in [5, 5.41) is 8.77. The van der Waals surface area contributed by atoms with Gasteiger partial charge < -0.3 is 14.4 Å². The van der Waals surface area contributed by atoms with E-state index in [4.69, 9.17) is 9.52 Å². The third-order valence-corrected chi connectivity index (χ3v) is 3.97. The van der Waals surface area contributed by atoms with Crippen LogP contribution < -0.4 is 0 Å². The van der Waals surface area contributed by atoms with Crippen LogP contribution in [0, 0.1) is 5.92 Å². The van der Waals surface area contributed by atoms with Crippen LogP contribution in [-0.2, 0) is 0 Å². The van der Waals surface area contributed by atoms with E-state index in [-0.39, 0.29) is 17.4 Å². The fourth-order valence-corrected chi connectivity index (χ4v) is 2.71. The summed E-state index contributed by atoms with van der Waals surface area (Å²) in [6, 6.07) is 2.73. The Morgan fingerprint density at radius 1 is 1.25 bits per heavy atom. The van der Waals surface area contributed by atoms with Gasteiger partial charge in [0.05, 0.1) is 0 Å². The van der Waals surface area contributed by atoms with Gasteiger partial charge in [0.25, 0.3) is 5.91 Å². The molecule has 1 aliphatic carbocycles. The molecule has 0 saturated heterocycles. The first-order valence-corrected chi connectivity index (χ1v) is 7.16. The Labute approximate surface area is 118 Å². The number of hydrogen-bond donors (Lipinski definition) is 1. The summed E-state index contributed by atoms with van der Waals surface area (Å²) in [7, 11) is 1.73. The molecule has 1 N–H and O–H groups in total. The molecule has 0 radical (unpaired) electrons. The number of carbonyl (C=O) groups excluding carboxylic acids is 1. The second-order valence-corrected chi connectivity index (χ2v) is 5.49. The van der Waals surface area contributed by atoms with E-state index in [2.05, 4.69) is 0 Å². The van der Waals surface area contributed by atoms with Crippen molar-refractivity contribution < 1.29 is 19.1 Å². The van der Waals surface area contributed by atoms with E-state index in [0.717, 1.165) is 6.42 Å². The third kappa shape index (κ3) is 3.62. The minimum Gasteiger partial charge on any atom is -0.475 e. The van der Waals surface area contributed by atoms with Crippen LogP contribution in [0.5, 0.6) is 0 Å². The highest BCUT2D eigenvalue weighted by atomic mass is 16.4. The van der Waals surface area contributed by atoms with Crippen molar-refractivity contribution in [1.82, 2.24) is 4.90 Å². The van der Waals surface area contributed by atoms with Crippen molar-refractivity contribution in [2.24, 2.45) is 5.92 Å². The van der Waals surface area contributed by atoms with Crippen LogP contribution in [0.15, 0.2) is 16.5 Å². The number of aromatic carboxylic acids is 1. The Hall–Kier alpha value is -1.78. The monoisotopic (exact) mass is 279 g/mol. The smallest absolute Gasteiger partial charge is 0.371 e. The van der Waals surface area contributed by atoms with Crippen molar-refractivity contribution in [3.63, 3.8) is 0 Å². The first-order chi connectivity index (χ1) is 9.58. The van der Waals surface area contributed by atoms with Gasteiger partial charge in [0.1, 0.15) is 0 Å². The number of carboxylic acid groups (broad SMARTS) is 1. The van der Waals surface area contributed by atoms with Crippen LogP contribution in [0.2, 0.25) is 0 Å². The van der Waals surface area contributed by atoms with Crippen LogP contribution in [0.1, 0.15) is 59.6 Å². The van der Waals surface area contributed by atoms with E-state index >= 15 is 0 Å². The molecule has 1 aliphatic rings. The predicted molar refractivity (Wildman–Crippen MR) is 73.8 cm³/mol.